The Morgan fingerprint density at radius 1 is 1.25 bits per heavy atom. The lowest BCUT2D eigenvalue weighted by Crippen LogP contribution is -2.11. The maximum Gasteiger partial charge on any atom is 0.255 e. The van der Waals surface area contributed by atoms with Gasteiger partial charge < -0.3 is 5.32 Å². The Morgan fingerprint density at radius 3 is 2.50 bits per heavy atom. The van der Waals surface area contributed by atoms with Crippen molar-refractivity contribution in [2.45, 2.75) is 0 Å². The van der Waals surface area contributed by atoms with Crippen LogP contribution < -0.4 is 5.32 Å². The highest BCUT2D eigenvalue weighted by molar-refractivity contribution is 6.35. The number of H-pyrrole nitrogens is 1. The van der Waals surface area contributed by atoms with E-state index in [-0.39, 0.29) is 5.91 Å². The number of rotatable bonds is 2. The van der Waals surface area contributed by atoms with Crippen molar-refractivity contribution in [3.8, 4) is 0 Å². The second-order valence-electron chi connectivity index (χ2n) is 3.10. The number of anilines is 1. The molecule has 0 fully saturated rings. The van der Waals surface area contributed by atoms with Gasteiger partial charge in [-0.1, -0.05) is 23.2 Å². The summed E-state index contributed by atoms with van der Waals surface area (Å²) in [5.74, 6) is -0.286. The van der Waals surface area contributed by atoms with Gasteiger partial charge in [0.2, 0.25) is 0 Å². The molecule has 0 saturated carbocycles. The third-order valence-electron chi connectivity index (χ3n) is 1.88. The van der Waals surface area contributed by atoms with Crippen LogP contribution in [0.3, 0.4) is 0 Å². The van der Waals surface area contributed by atoms with Crippen LogP contribution in [-0.4, -0.2) is 16.1 Å². The highest BCUT2D eigenvalue weighted by atomic mass is 35.5. The van der Waals surface area contributed by atoms with Crippen LogP contribution in [0.5, 0.6) is 0 Å². The molecule has 0 radical (unpaired) electrons. The van der Waals surface area contributed by atoms with Crippen LogP contribution in [0.25, 0.3) is 0 Å². The molecule has 1 heterocycles. The van der Waals surface area contributed by atoms with Crippen LogP contribution in [0.15, 0.2) is 30.6 Å². The molecule has 0 aliphatic heterocycles. The molecule has 0 aliphatic rings. The second-order valence-corrected chi connectivity index (χ2v) is 3.97. The second kappa shape index (κ2) is 4.55. The quantitative estimate of drug-likeness (QED) is 0.867. The number of carbonyl (C=O) groups excluding carboxylic acids is 1. The Hall–Kier alpha value is -1.52. The van der Waals surface area contributed by atoms with Crippen molar-refractivity contribution < 1.29 is 4.79 Å². The van der Waals surface area contributed by atoms with Crippen LogP contribution in [0.2, 0.25) is 10.0 Å². The molecule has 2 N–H and O–H groups in total. The zero-order chi connectivity index (χ0) is 11.5. The minimum Gasteiger partial charge on any atom is -0.319 e. The summed E-state index contributed by atoms with van der Waals surface area (Å²) >= 11 is 11.6. The van der Waals surface area contributed by atoms with Crippen molar-refractivity contribution in [2.24, 2.45) is 0 Å². The molecule has 16 heavy (non-hydrogen) atoms. The number of nitrogens with one attached hydrogen (secondary N) is 2. The number of nitrogens with zero attached hydrogens (tertiary/aromatic N) is 1. The molecule has 2 aromatic rings. The topological polar surface area (TPSA) is 57.8 Å². The number of carbonyl (C=O) groups is 1. The van der Waals surface area contributed by atoms with Crippen LogP contribution in [-0.2, 0) is 0 Å². The van der Waals surface area contributed by atoms with Gasteiger partial charge in [0.05, 0.1) is 11.9 Å². The Labute approximate surface area is 102 Å². The van der Waals surface area contributed by atoms with Gasteiger partial charge in [-0.25, -0.2) is 0 Å². The normalized spacial score (nSPS) is 10.1. The Balaban J connectivity index is 2.21. The summed E-state index contributed by atoms with van der Waals surface area (Å²) in [5, 5.41) is 9.79. The summed E-state index contributed by atoms with van der Waals surface area (Å²) in [7, 11) is 0. The number of aromatic amines is 1. The van der Waals surface area contributed by atoms with E-state index in [0.29, 0.717) is 21.3 Å². The summed E-state index contributed by atoms with van der Waals surface area (Å²) in [6, 6.07) is 4.66. The molecular formula is C10H7Cl2N3O. The number of benzene rings is 1. The summed E-state index contributed by atoms with van der Waals surface area (Å²) in [6.45, 7) is 0. The monoisotopic (exact) mass is 255 g/mol. The van der Waals surface area contributed by atoms with Crippen molar-refractivity contribution in [1.82, 2.24) is 10.2 Å². The van der Waals surface area contributed by atoms with Crippen molar-refractivity contribution in [2.75, 3.05) is 5.32 Å². The number of aromatic nitrogens is 2. The van der Waals surface area contributed by atoms with Gasteiger partial charge in [-0.3, -0.25) is 9.89 Å². The predicted octanol–water partition coefficient (Wildman–Crippen LogP) is 2.97. The zero-order valence-electron chi connectivity index (χ0n) is 8.00. The first kappa shape index (κ1) is 11.0. The third kappa shape index (κ3) is 2.53. The van der Waals surface area contributed by atoms with Gasteiger partial charge in [-0.15, -0.1) is 0 Å². The lowest BCUT2D eigenvalue weighted by molar-refractivity contribution is 0.102. The highest BCUT2D eigenvalue weighted by Crippen LogP contribution is 2.19. The molecule has 2 rings (SSSR count). The first-order chi connectivity index (χ1) is 7.65. The van der Waals surface area contributed by atoms with E-state index >= 15 is 0 Å². The fraction of sp³-hybridized carbons (Fsp3) is 0. The minimum atomic E-state index is -0.286. The average molecular weight is 256 g/mol. The van der Waals surface area contributed by atoms with Crippen LogP contribution in [0, 0.1) is 0 Å². The first-order valence-corrected chi connectivity index (χ1v) is 5.17. The first-order valence-electron chi connectivity index (χ1n) is 4.41. The molecule has 1 aromatic carbocycles. The number of amides is 1. The van der Waals surface area contributed by atoms with E-state index in [1.54, 1.807) is 24.4 Å². The molecule has 82 valence electrons. The maximum atomic E-state index is 11.7. The van der Waals surface area contributed by atoms with E-state index in [9.17, 15) is 4.79 Å². The van der Waals surface area contributed by atoms with Crippen molar-refractivity contribution in [1.29, 1.82) is 0 Å². The molecule has 0 unspecified atom stereocenters. The Kier molecular flexibility index (Phi) is 3.12. The predicted molar refractivity (Wildman–Crippen MR) is 63.0 cm³/mol. The Bertz CT molecular complexity index is 491. The number of hydrogen-bond donors (Lipinski definition) is 2. The molecule has 0 spiro atoms. The lowest BCUT2D eigenvalue weighted by Gasteiger charge is -2.03. The van der Waals surface area contributed by atoms with Gasteiger partial charge in [0.1, 0.15) is 0 Å². The van der Waals surface area contributed by atoms with E-state index < -0.39 is 0 Å². The fourth-order valence-corrected chi connectivity index (χ4v) is 1.73. The molecule has 0 aliphatic carbocycles. The summed E-state index contributed by atoms with van der Waals surface area (Å²) < 4.78 is 0. The summed E-state index contributed by atoms with van der Waals surface area (Å²) in [5.41, 5.74) is 0.986. The van der Waals surface area contributed by atoms with Crippen molar-refractivity contribution >= 4 is 34.8 Å². The fourth-order valence-electron chi connectivity index (χ4n) is 1.21. The average Bonchev–Trinajstić information content (AvgIpc) is 2.68. The maximum absolute atomic E-state index is 11.7. The highest BCUT2D eigenvalue weighted by Gasteiger charge is 2.08. The summed E-state index contributed by atoms with van der Waals surface area (Å²) in [6.07, 6.45) is 3.08. The molecule has 0 bridgehead atoms. The molecule has 0 atom stereocenters. The molecule has 4 nitrogen and oxygen atoms in total. The molecule has 1 aromatic heterocycles. The largest absolute Gasteiger partial charge is 0.319 e. The van der Waals surface area contributed by atoms with Gasteiger partial charge in [0, 0.05) is 21.8 Å². The van der Waals surface area contributed by atoms with E-state index in [1.165, 1.54) is 6.20 Å². The standard InChI is InChI=1S/C10H7Cl2N3O/c11-7-1-6(2-8(12)3-7)10(16)15-9-4-13-14-5-9/h1-5H,(H,13,14)(H,15,16). The van der Waals surface area contributed by atoms with Gasteiger partial charge in [-0.05, 0) is 18.2 Å². The summed E-state index contributed by atoms with van der Waals surface area (Å²) in [4.78, 5) is 11.7. The van der Waals surface area contributed by atoms with Gasteiger partial charge in [0.25, 0.3) is 5.91 Å². The SMILES string of the molecule is O=C(Nc1cn[nH]c1)c1cc(Cl)cc(Cl)c1. The van der Waals surface area contributed by atoms with E-state index in [2.05, 4.69) is 15.5 Å². The van der Waals surface area contributed by atoms with Crippen molar-refractivity contribution in [3.63, 3.8) is 0 Å². The van der Waals surface area contributed by atoms with Crippen LogP contribution in [0.1, 0.15) is 10.4 Å². The third-order valence-corrected chi connectivity index (χ3v) is 2.32. The number of hydrogen-bond acceptors (Lipinski definition) is 2. The van der Waals surface area contributed by atoms with Crippen LogP contribution >= 0.6 is 23.2 Å². The van der Waals surface area contributed by atoms with E-state index in [1.807, 2.05) is 0 Å². The van der Waals surface area contributed by atoms with Gasteiger partial charge in [-0.2, -0.15) is 5.10 Å². The van der Waals surface area contributed by atoms with E-state index in [0.717, 1.165) is 0 Å². The lowest BCUT2D eigenvalue weighted by atomic mass is 10.2. The molecular weight excluding hydrogens is 249 g/mol. The minimum absolute atomic E-state index is 0.286. The van der Waals surface area contributed by atoms with Gasteiger partial charge >= 0.3 is 0 Å². The molecule has 1 amide bonds. The van der Waals surface area contributed by atoms with Crippen LogP contribution in [0.4, 0.5) is 5.69 Å². The van der Waals surface area contributed by atoms with E-state index in [4.69, 9.17) is 23.2 Å². The smallest absolute Gasteiger partial charge is 0.255 e. The molecule has 6 heteroatoms. The zero-order valence-corrected chi connectivity index (χ0v) is 9.51. The van der Waals surface area contributed by atoms with Gasteiger partial charge in [0.15, 0.2) is 0 Å². The number of halogens is 2. The van der Waals surface area contributed by atoms with Crippen molar-refractivity contribution in [3.05, 3.63) is 46.2 Å². The Morgan fingerprint density at radius 2 is 1.94 bits per heavy atom. The molecule has 0 saturated heterocycles.